The number of rotatable bonds is 2. The maximum Gasteiger partial charge on any atom is 0.232 e. The first-order valence-electron chi connectivity index (χ1n) is 5.80. The average Bonchev–Trinajstić information content (AvgIpc) is 2.41. The van der Waals surface area contributed by atoms with Crippen LogP contribution in [0.25, 0.3) is 11.0 Å². The standard InChI is InChI=1S/C15H12BrN2.BrH/c16-13-9-15-14(17-10-13)7-4-8-18(15)11-12-5-2-1-3-6-12;/h1-10H,11H2;1H/q+1;/p-1. The highest BCUT2D eigenvalue weighted by molar-refractivity contribution is 9.10. The third-order valence-corrected chi connectivity index (χ3v) is 3.32. The summed E-state index contributed by atoms with van der Waals surface area (Å²) in [5, 5.41) is 0. The van der Waals surface area contributed by atoms with E-state index < -0.39 is 0 Å². The number of aromatic nitrogens is 2. The number of hydrogen-bond acceptors (Lipinski definition) is 1. The van der Waals surface area contributed by atoms with Crippen molar-refractivity contribution in [1.29, 1.82) is 0 Å². The lowest BCUT2D eigenvalue weighted by atomic mass is 10.2. The summed E-state index contributed by atoms with van der Waals surface area (Å²) in [5.74, 6) is 0. The van der Waals surface area contributed by atoms with Crippen molar-refractivity contribution in [2.75, 3.05) is 0 Å². The Hall–Kier alpha value is -1.26. The zero-order valence-corrected chi connectivity index (χ0v) is 13.3. The molecular weight excluding hydrogens is 368 g/mol. The van der Waals surface area contributed by atoms with E-state index in [1.54, 1.807) is 0 Å². The van der Waals surface area contributed by atoms with E-state index in [0.717, 1.165) is 22.1 Å². The van der Waals surface area contributed by atoms with Gasteiger partial charge in [-0.2, -0.15) is 4.57 Å². The van der Waals surface area contributed by atoms with Crippen molar-refractivity contribution in [2.45, 2.75) is 6.54 Å². The summed E-state index contributed by atoms with van der Waals surface area (Å²) >= 11 is 3.48. The fourth-order valence-electron chi connectivity index (χ4n) is 2.03. The third kappa shape index (κ3) is 3.19. The Morgan fingerprint density at radius 1 is 1.05 bits per heavy atom. The highest BCUT2D eigenvalue weighted by Crippen LogP contribution is 2.14. The lowest BCUT2D eigenvalue weighted by molar-refractivity contribution is -0.662. The molecule has 4 heteroatoms. The topological polar surface area (TPSA) is 16.8 Å². The normalized spacial score (nSPS) is 10.2. The summed E-state index contributed by atoms with van der Waals surface area (Å²) < 4.78 is 3.21. The summed E-state index contributed by atoms with van der Waals surface area (Å²) in [6.07, 6.45) is 3.92. The van der Waals surface area contributed by atoms with Gasteiger partial charge in [0.15, 0.2) is 12.7 Å². The van der Waals surface area contributed by atoms with Gasteiger partial charge < -0.3 is 17.0 Å². The van der Waals surface area contributed by atoms with E-state index >= 15 is 0 Å². The molecule has 0 N–H and O–H groups in total. The Bertz CT molecular complexity index is 684. The lowest BCUT2D eigenvalue weighted by Crippen LogP contribution is -3.00. The monoisotopic (exact) mass is 378 g/mol. The van der Waals surface area contributed by atoms with Gasteiger partial charge in [-0.1, -0.05) is 30.3 Å². The van der Waals surface area contributed by atoms with E-state index in [-0.39, 0.29) is 17.0 Å². The molecule has 0 amide bonds. The SMILES string of the molecule is Brc1cnc2ccc[n+](Cc3ccccc3)c2c1.[Br-]. The predicted molar refractivity (Wildman–Crippen MR) is 75.2 cm³/mol. The summed E-state index contributed by atoms with van der Waals surface area (Å²) in [4.78, 5) is 4.42. The molecule has 19 heavy (non-hydrogen) atoms. The fourth-order valence-corrected chi connectivity index (χ4v) is 2.35. The zero-order chi connectivity index (χ0) is 12.4. The molecule has 0 aliphatic heterocycles. The molecule has 96 valence electrons. The minimum atomic E-state index is 0. The molecule has 2 heterocycles. The van der Waals surface area contributed by atoms with Gasteiger partial charge in [0.05, 0.1) is 0 Å². The molecular formula is C15H12Br2N2. The molecule has 0 aliphatic rings. The zero-order valence-electron chi connectivity index (χ0n) is 10.1. The van der Waals surface area contributed by atoms with Crippen molar-refractivity contribution >= 4 is 27.0 Å². The summed E-state index contributed by atoms with van der Waals surface area (Å²) in [7, 11) is 0. The van der Waals surface area contributed by atoms with E-state index in [1.807, 2.05) is 24.4 Å². The maximum atomic E-state index is 4.42. The van der Waals surface area contributed by atoms with Crippen LogP contribution in [0.2, 0.25) is 0 Å². The Labute approximate surface area is 131 Å². The van der Waals surface area contributed by atoms with E-state index in [4.69, 9.17) is 0 Å². The molecule has 0 saturated carbocycles. The summed E-state index contributed by atoms with van der Waals surface area (Å²) in [5.41, 5.74) is 3.43. The van der Waals surface area contributed by atoms with Gasteiger partial charge in [-0.25, -0.2) is 4.98 Å². The lowest BCUT2D eigenvalue weighted by Gasteiger charge is -2.01. The first-order valence-corrected chi connectivity index (χ1v) is 6.60. The molecule has 0 spiro atoms. The molecule has 0 atom stereocenters. The minimum absolute atomic E-state index is 0. The van der Waals surface area contributed by atoms with Crippen LogP contribution in [-0.4, -0.2) is 4.98 Å². The van der Waals surface area contributed by atoms with Crippen molar-refractivity contribution in [3.8, 4) is 0 Å². The number of nitrogens with zero attached hydrogens (tertiary/aromatic N) is 2. The van der Waals surface area contributed by atoms with E-state index in [0.29, 0.717) is 0 Å². The van der Waals surface area contributed by atoms with Crippen LogP contribution in [0.5, 0.6) is 0 Å². The highest BCUT2D eigenvalue weighted by Gasteiger charge is 2.10. The molecule has 2 aromatic heterocycles. The predicted octanol–water partition coefficient (Wildman–Crippen LogP) is 0.337. The van der Waals surface area contributed by atoms with Crippen molar-refractivity contribution in [1.82, 2.24) is 4.98 Å². The highest BCUT2D eigenvalue weighted by atomic mass is 79.9. The number of halogens is 2. The van der Waals surface area contributed by atoms with Crippen LogP contribution in [0.3, 0.4) is 0 Å². The van der Waals surface area contributed by atoms with Gasteiger partial charge in [-0.05, 0) is 22.0 Å². The molecule has 0 aliphatic carbocycles. The average molecular weight is 380 g/mol. The van der Waals surface area contributed by atoms with Crippen LogP contribution in [0.15, 0.2) is 65.4 Å². The second-order valence-corrected chi connectivity index (χ2v) is 5.10. The number of benzene rings is 1. The van der Waals surface area contributed by atoms with Crippen LogP contribution >= 0.6 is 15.9 Å². The molecule has 3 rings (SSSR count). The Morgan fingerprint density at radius 3 is 2.63 bits per heavy atom. The fraction of sp³-hybridized carbons (Fsp3) is 0.0667. The van der Waals surface area contributed by atoms with Crippen LogP contribution in [0.4, 0.5) is 0 Å². The molecule has 0 radical (unpaired) electrons. The van der Waals surface area contributed by atoms with E-state index in [2.05, 4.69) is 62.0 Å². The van der Waals surface area contributed by atoms with Crippen molar-refractivity contribution in [3.63, 3.8) is 0 Å². The van der Waals surface area contributed by atoms with Crippen molar-refractivity contribution < 1.29 is 21.5 Å². The largest absolute Gasteiger partial charge is 1.00 e. The van der Waals surface area contributed by atoms with Gasteiger partial charge in [-0.15, -0.1) is 0 Å². The smallest absolute Gasteiger partial charge is 0.232 e. The molecule has 1 aromatic carbocycles. The number of hydrogen-bond donors (Lipinski definition) is 0. The van der Waals surface area contributed by atoms with E-state index in [1.165, 1.54) is 5.56 Å². The molecule has 0 saturated heterocycles. The van der Waals surface area contributed by atoms with Crippen LogP contribution < -0.4 is 21.5 Å². The number of fused-ring (bicyclic) bond motifs is 1. The molecule has 2 nitrogen and oxygen atoms in total. The van der Waals surface area contributed by atoms with Gasteiger partial charge in [0.1, 0.15) is 5.52 Å². The second kappa shape index (κ2) is 6.26. The van der Waals surface area contributed by atoms with Crippen LogP contribution in [0.1, 0.15) is 5.56 Å². The van der Waals surface area contributed by atoms with Gasteiger partial charge in [0.25, 0.3) is 0 Å². The van der Waals surface area contributed by atoms with Gasteiger partial charge >= 0.3 is 0 Å². The maximum absolute atomic E-state index is 4.42. The number of pyridine rings is 2. The van der Waals surface area contributed by atoms with Gasteiger partial charge in [0.2, 0.25) is 5.52 Å². The summed E-state index contributed by atoms with van der Waals surface area (Å²) in [6, 6.07) is 16.6. The Kier molecular flexibility index (Phi) is 4.66. The van der Waals surface area contributed by atoms with Crippen LogP contribution in [0, 0.1) is 0 Å². The minimum Gasteiger partial charge on any atom is -1.00 e. The summed E-state index contributed by atoms with van der Waals surface area (Å²) in [6.45, 7) is 0.857. The quantitative estimate of drug-likeness (QED) is 0.586. The van der Waals surface area contributed by atoms with Gasteiger partial charge in [-0.3, -0.25) is 0 Å². The molecule has 0 unspecified atom stereocenters. The molecule has 0 bridgehead atoms. The first-order chi connectivity index (χ1) is 8.83. The first kappa shape index (κ1) is 14.2. The Morgan fingerprint density at radius 2 is 1.84 bits per heavy atom. The third-order valence-electron chi connectivity index (χ3n) is 2.89. The van der Waals surface area contributed by atoms with E-state index in [9.17, 15) is 0 Å². The van der Waals surface area contributed by atoms with Gasteiger partial charge in [0, 0.05) is 28.4 Å². The van der Waals surface area contributed by atoms with Crippen LogP contribution in [-0.2, 0) is 6.54 Å². The van der Waals surface area contributed by atoms with Crippen molar-refractivity contribution in [3.05, 3.63) is 71.0 Å². The second-order valence-electron chi connectivity index (χ2n) is 4.18. The van der Waals surface area contributed by atoms with Crippen molar-refractivity contribution in [2.24, 2.45) is 0 Å². The Balaban J connectivity index is 0.00000133. The molecule has 0 fully saturated rings. The molecule has 3 aromatic rings.